The molecule has 3 aliphatic rings. The Kier molecular flexibility index (Phi) is 7.78. The number of hydrogen-bond acceptors (Lipinski definition) is 2. The number of rotatable bonds is 3. The molecule has 0 atom stereocenters. The molecule has 10 aromatic rings. The number of hydrogen-bond donors (Lipinski definition) is 1. The zero-order valence-corrected chi connectivity index (χ0v) is 39.7. The van der Waals surface area contributed by atoms with Crippen molar-refractivity contribution < 1.29 is 4.42 Å². The normalized spacial score (nSPS) is 15.2. The van der Waals surface area contributed by atoms with Gasteiger partial charge in [0.1, 0.15) is 11.2 Å². The molecular formula is C62H54BN2O. The molecule has 66 heavy (non-hydrogen) atoms. The summed E-state index contributed by atoms with van der Waals surface area (Å²) in [6.07, 6.45) is 0. The van der Waals surface area contributed by atoms with Crippen molar-refractivity contribution in [3.8, 4) is 39.1 Å². The summed E-state index contributed by atoms with van der Waals surface area (Å²) < 4.78 is 9.48. The van der Waals surface area contributed by atoms with E-state index in [1.54, 1.807) is 0 Å². The maximum Gasteiger partial charge on any atom is 0.197 e. The van der Waals surface area contributed by atoms with Crippen LogP contribution in [0.25, 0.3) is 82.8 Å². The summed E-state index contributed by atoms with van der Waals surface area (Å²) in [5.74, 6) is 0. The third kappa shape index (κ3) is 5.33. The van der Waals surface area contributed by atoms with Crippen LogP contribution in [-0.2, 0) is 21.7 Å². The van der Waals surface area contributed by atoms with Gasteiger partial charge in [-0.25, -0.2) is 0 Å². The molecule has 1 radical (unpaired) electrons. The Morgan fingerprint density at radius 2 is 1.17 bits per heavy atom. The Morgan fingerprint density at radius 3 is 1.91 bits per heavy atom. The van der Waals surface area contributed by atoms with E-state index in [1.807, 2.05) is 0 Å². The predicted octanol–water partition coefficient (Wildman–Crippen LogP) is 15.3. The van der Waals surface area contributed by atoms with Gasteiger partial charge >= 0.3 is 0 Å². The molecular weight excluding hydrogens is 800 g/mol. The van der Waals surface area contributed by atoms with Crippen molar-refractivity contribution in [2.24, 2.45) is 0 Å². The number of aromatic nitrogens is 1. The van der Waals surface area contributed by atoms with E-state index in [9.17, 15) is 0 Å². The quantitative estimate of drug-likeness (QED) is 0.180. The molecule has 2 aromatic heterocycles. The summed E-state index contributed by atoms with van der Waals surface area (Å²) in [6.45, 7) is 23.2. The van der Waals surface area contributed by atoms with Crippen molar-refractivity contribution in [3.05, 3.63) is 173 Å². The number of anilines is 2. The van der Waals surface area contributed by atoms with E-state index in [1.165, 1.54) is 99.6 Å². The number of benzene rings is 8. The largest absolute Gasteiger partial charge is 0.456 e. The van der Waals surface area contributed by atoms with E-state index >= 15 is 0 Å². The highest BCUT2D eigenvalue weighted by Gasteiger charge is 2.40. The minimum absolute atomic E-state index is 0.00296. The number of fused-ring (bicyclic) bond motifs is 15. The van der Waals surface area contributed by atoms with Crippen LogP contribution in [0.5, 0.6) is 0 Å². The van der Waals surface area contributed by atoms with Gasteiger partial charge in [-0.05, 0) is 120 Å². The van der Waals surface area contributed by atoms with Gasteiger partial charge in [-0.3, -0.25) is 0 Å². The van der Waals surface area contributed by atoms with Crippen LogP contribution < -0.4 is 16.2 Å². The fourth-order valence-corrected chi connectivity index (χ4v) is 12.1. The molecule has 0 saturated heterocycles. The minimum Gasteiger partial charge on any atom is -0.456 e. The van der Waals surface area contributed by atoms with E-state index in [4.69, 9.17) is 4.42 Å². The molecule has 0 amide bonds. The van der Waals surface area contributed by atoms with Gasteiger partial charge in [0.2, 0.25) is 0 Å². The number of nitrogens with one attached hydrogen (secondary N) is 1. The average molecular weight is 854 g/mol. The average Bonchev–Trinajstić information content (AvgIpc) is 3.96. The highest BCUT2D eigenvalue weighted by atomic mass is 16.3. The summed E-state index contributed by atoms with van der Waals surface area (Å²) in [5, 5.41) is 8.80. The van der Waals surface area contributed by atoms with Crippen molar-refractivity contribution in [1.29, 1.82) is 0 Å². The zero-order valence-electron chi connectivity index (χ0n) is 39.7. The van der Waals surface area contributed by atoms with Crippen LogP contribution in [0.1, 0.15) is 103 Å². The molecule has 0 spiro atoms. The molecule has 0 bridgehead atoms. The summed E-state index contributed by atoms with van der Waals surface area (Å²) in [5.41, 5.74) is 25.7. The second kappa shape index (κ2) is 13.0. The van der Waals surface area contributed by atoms with Crippen LogP contribution >= 0.6 is 0 Å². The van der Waals surface area contributed by atoms with Gasteiger partial charge in [0.05, 0.1) is 5.52 Å². The minimum atomic E-state index is -0.127. The van der Waals surface area contributed by atoms with Gasteiger partial charge in [0.15, 0.2) is 7.28 Å². The van der Waals surface area contributed by atoms with Gasteiger partial charge in [0, 0.05) is 60.5 Å². The fraction of sp³-hybridized carbons (Fsp3) is 0.226. The molecule has 3 nitrogen and oxygen atoms in total. The molecule has 8 aromatic carbocycles. The Morgan fingerprint density at radius 1 is 0.515 bits per heavy atom. The Labute approximate surface area is 388 Å². The molecule has 1 N–H and O–H groups in total. The van der Waals surface area contributed by atoms with Gasteiger partial charge in [-0.15, -0.1) is 0 Å². The molecule has 321 valence electrons. The first-order valence-electron chi connectivity index (χ1n) is 23.8. The van der Waals surface area contributed by atoms with Crippen molar-refractivity contribution in [2.45, 2.75) is 90.9 Å². The second-order valence-corrected chi connectivity index (χ2v) is 22.5. The number of furan rings is 1. The van der Waals surface area contributed by atoms with Crippen molar-refractivity contribution in [2.75, 3.05) is 5.32 Å². The van der Waals surface area contributed by atoms with Crippen LogP contribution in [0, 0.1) is 0 Å². The van der Waals surface area contributed by atoms with Gasteiger partial charge < -0.3 is 14.3 Å². The molecule has 0 saturated carbocycles. The highest BCUT2D eigenvalue weighted by Crippen LogP contribution is 2.55. The molecule has 0 unspecified atom stereocenters. The van der Waals surface area contributed by atoms with Gasteiger partial charge in [-0.1, -0.05) is 172 Å². The SMILES string of the molecule is CC(C)(C)c1ccc(Nc2cc3c(cc2-c2ccc4c5c6c(ccc5n5c4c2[B]c2cc4c(cc2-5)-c2ccccc2C4(C)C)C(C)(C)c2ccccc2-6)oc2cc(C(C)(C)C)ccc23)cc1. The third-order valence-corrected chi connectivity index (χ3v) is 15.7. The van der Waals surface area contributed by atoms with Crippen LogP contribution in [0.3, 0.4) is 0 Å². The number of nitrogens with zero attached hydrogens (tertiary/aromatic N) is 1. The lowest BCUT2D eigenvalue weighted by Gasteiger charge is -2.27. The maximum absolute atomic E-state index is 6.88. The summed E-state index contributed by atoms with van der Waals surface area (Å²) in [4.78, 5) is 0. The lowest BCUT2D eigenvalue weighted by molar-refractivity contribution is 0.587. The van der Waals surface area contributed by atoms with E-state index in [2.05, 4.69) is 226 Å². The van der Waals surface area contributed by atoms with Crippen LogP contribution in [0.15, 0.2) is 144 Å². The standard InChI is InChI=1S/C62H54BN2O/c1-59(2,3)34-19-22-36(23-20-34)64-50-30-44-38-24-21-35(60(4,5)6)29-53(38)66-54(44)32-43(50)39-25-26-41-56-51(28-27-47-55(56)40-16-12-14-18-46(40)61(47,7)8)65-52-31-42-37-15-11-13-17-45(37)62(9,10)48(42)33-49(52)63-57(39)58(41)65/h11-33,64H,1-10H3. The highest BCUT2D eigenvalue weighted by molar-refractivity contribution is 6.73. The van der Waals surface area contributed by atoms with E-state index in [-0.39, 0.29) is 21.7 Å². The van der Waals surface area contributed by atoms with Gasteiger partial charge in [0.25, 0.3) is 0 Å². The van der Waals surface area contributed by atoms with E-state index in [0.29, 0.717) is 0 Å². The molecule has 2 aliphatic carbocycles. The molecule has 4 heteroatoms. The van der Waals surface area contributed by atoms with E-state index in [0.717, 1.165) is 38.9 Å². The molecule has 13 rings (SSSR count). The Bertz CT molecular complexity index is 3770. The summed E-state index contributed by atoms with van der Waals surface area (Å²) in [6, 6.07) is 53.0. The third-order valence-electron chi connectivity index (χ3n) is 15.7. The van der Waals surface area contributed by atoms with Gasteiger partial charge in [-0.2, -0.15) is 0 Å². The first-order valence-corrected chi connectivity index (χ1v) is 23.8. The van der Waals surface area contributed by atoms with Crippen LogP contribution in [-0.4, -0.2) is 11.8 Å². The van der Waals surface area contributed by atoms with Crippen LogP contribution in [0.4, 0.5) is 11.4 Å². The molecule has 1 aliphatic heterocycles. The topological polar surface area (TPSA) is 30.1 Å². The first kappa shape index (κ1) is 39.6. The van der Waals surface area contributed by atoms with Crippen molar-refractivity contribution >= 4 is 73.3 Å². The Balaban J connectivity index is 1.11. The smallest absolute Gasteiger partial charge is 0.197 e. The first-order chi connectivity index (χ1) is 31.5. The maximum atomic E-state index is 6.88. The lowest BCUT2D eigenvalue weighted by atomic mass is 9.58. The fourth-order valence-electron chi connectivity index (χ4n) is 12.1. The Hall–Kier alpha value is -6.78. The summed E-state index contributed by atoms with van der Waals surface area (Å²) in [7, 11) is 2.49. The van der Waals surface area contributed by atoms with Crippen LogP contribution in [0.2, 0.25) is 0 Å². The van der Waals surface area contributed by atoms with E-state index < -0.39 is 0 Å². The summed E-state index contributed by atoms with van der Waals surface area (Å²) >= 11 is 0. The molecule has 0 fully saturated rings. The zero-order chi connectivity index (χ0) is 45.4. The molecule has 3 heterocycles. The van der Waals surface area contributed by atoms with Crippen molar-refractivity contribution in [3.63, 3.8) is 0 Å². The second-order valence-electron chi connectivity index (χ2n) is 22.5. The monoisotopic (exact) mass is 853 g/mol. The van der Waals surface area contributed by atoms with Crippen molar-refractivity contribution in [1.82, 2.24) is 4.57 Å². The predicted molar refractivity (Wildman–Crippen MR) is 281 cm³/mol. The lowest BCUT2D eigenvalue weighted by Crippen LogP contribution is -2.38.